The predicted octanol–water partition coefficient (Wildman–Crippen LogP) is 4.76. The molecule has 6 heteroatoms. The van der Waals surface area contributed by atoms with Crippen molar-refractivity contribution in [3.8, 4) is 11.3 Å². The molecule has 4 rings (SSSR count). The molecular weight excluding hydrogens is 356 g/mol. The zero-order valence-electron chi connectivity index (χ0n) is 15.2. The first-order chi connectivity index (χ1) is 13.1. The van der Waals surface area contributed by atoms with Gasteiger partial charge in [-0.3, -0.25) is 4.79 Å². The van der Waals surface area contributed by atoms with Crippen LogP contribution in [0.25, 0.3) is 16.9 Å². The summed E-state index contributed by atoms with van der Waals surface area (Å²) in [6, 6.07) is 13.8. The number of aromatic nitrogens is 3. The van der Waals surface area contributed by atoms with Crippen molar-refractivity contribution in [1.82, 2.24) is 14.6 Å². The lowest BCUT2D eigenvalue weighted by molar-refractivity contribution is 0.104. The molecule has 1 N–H and O–H groups in total. The summed E-state index contributed by atoms with van der Waals surface area (Å²) in [4.78, 5) is 17.8. The van der Waals surface area contributed by atoms with E-state index in [2.05, 4.69) is 41.4 Å². The van der Waals surface area contributed by atoms with Gasteiger partial charge < -0.3 is 5.32 Å². The Morgan fingerprint density at radius 2 is 2.11 bits per heavy atom. The summed E-state index contributed by atoms with van der Waals surface area (Å²) in [7, 11) is 0. The van der Waals surface area contributed by atoms with Crippen LogP contribution in [0.2, 0.25) is 0 Å². The van der Waals surface area contributed by atoms with Crippen LogP contribution in [0.4, 0.5) is 5.69 Å². The quantitative estimate of drug-likeness (QED) is 0.493. The summed E-state index contributed by atoms with van der Waals surface area (Å²) in [6.45, 7) is 5.27. The third-order valence-corrected chi connectivity index (χ3v) is 5.13. The molecule has 0 aliphatic carbocycles. The minimum Gasteiger partial charge on any atom is -0.385 e. The highest BCUT2D eigenvalue weighted by molar-refractivity contribution is 7.12. The van der Waals surface area contributed by atoms with Crippen molar-refractivity contribution >= 4 is 28.5 Å². The molecule has 1 aromatic carbocycles. The van der Waals surface area contributed by atoms with Crippen LogP contribution in [0.3, 0.4) is 0 Å². The van der Waals surface area contributed by atoms with Crippen LogP contribution in [0.15, 0.2) is 60.2 Å². The fourth-order valence-electron chi connectivity index (χ4n) is 2.92. The number of carbonyl (C=O) groups is 1. The smallest absolute Gasteiger partial charge is 0.208 e. The molecule has 0 aliphatic heterocycles. The topological polar surface area (TPSA) is 59.3 Å². The molecule has 0 saturated carbocycles. The number of hydrogen-bond donors (Lipinski definition) is 1. The highest BCUT2D eigenvalue weighted by Crippen LogP contribution is 2.25. The maximum absolute atomic E-state index is 12.7. The number of fused-ring (bicyclic) bond motifs is 1. The molecule has 0 saturated heterocycles. The summed E-state index contributed by atoms with van der Waals surface area (Å²) < 4.78 is 1.74. The fourth-order valence-corrected chi connectivity index (χ4v) is 3.60. The number of ketones is 1. The zero-order chi connectivity index (χ0) is 18.8. The minimum absolute atomic E-state index is 0.0444. The standard InChI is InChI=1S/C21H20N4OS/c1-14(2)12-23-16-6-3-5-15(11-16)18-8-9-22-21-17(13-24-25(18)21)20(26)19-7-4-10-27-19/h3-11,13-14,23H,12H2,1-2H3. The van der Waals surface area contributed by atoms with Crippen LogP contribution >= 0.6 is 11.3 Å². The van der Waals surface area contributed by atoms with Crippen molar-refractivity contribution in [1.29, 1.82) is 0 Å². The Morgan fingerprint density at radius 3 is 2.89 bits per heavy atom. The van der Waals surface area contributed by atoms with Crippen molar-refractivity contribution in [2.24, 2.45) is 5.92 Å². The molecule has 3 aromatic heterocycles. The monoisotopic (exact) mass is 376 g/mol. The number of nitrogens with zero attached hydrogens (tertiary/aromatic N) is 3. The molecule has 0 unspecified atom stereocenters. The zero-order valence-corrected chi connectivity index (χ0v) is 16.0. The minimum atomic E-state index is -0.0444. The molecule has 3 heterocycles. The Balaban J connectivity index is 1.74. The second-order valence-corrected chi connectivity index (χ2v) is 7.73. The van der Waals surface area contributed by atoms with Crippen LogP contribution in [-0.4, -0.2) is 26.9 Å². The Hall–Kier alpha value is -2.99. The van der Waals surface area contributed by atoms with Crippen molar-refractivity contribution in [2.45, 2.75) is 13.8 Å². The summed E-state index contributed by atoms with van der Waals surface area (Å²) in [5, 5.41) is 9.79. The molecule has 136 valence electrons. The van der Waals surface area contributed by atoms with Gasteiger partial charge >= 0.3 is 0 Å². The number of hydrogen-bond acceptors (Lipinski definition) is 5. The molecule has 0 amide bonds. The van der Waals surface area contributed by atoms with Gasteiger partial charge in [0.15, 0.2) is 5.65 Å². The van der Waals surface area contributed by atoms with Crippen molar-refractivity contribution in [3.05, 3.63) is 70.7 Å². The number of thiophene rings is 1. The highest BCUT2D eigenvalue weighted by Gasteiger charge is 2.18. The van der Waals surface area contributed by atoms with Crippen molar-refractivity contribution in [3.63, 3.8) is 0 Å². The maximum Gasteiger partial charge on any atom is 0.208 e. The largest absolute Gasteiger partial charge is 0.385 e. The number of nitrogens with one attached hydrogen (secondary N) is 1. The summed E-state index contributed by atoms with van der Waals surface area (Å²) in [6.07, 6.45) is 3.33. The lowest BCUT2D eigenvalue weighted by Crippen LogP contribution is -2.07. The summed E-state index contributed by atoms with van der Waals surface area (Å²) in [5.41, 5.74) is 4.08. The van der Waals surface area contributed by atoms with Gasteiger partial charge in [0, 0.05) is 24.0 Å². The van der Waals surface area contributed by atoms with E-state index in [9.17, 15) is 4.79 Å². The van der Waals surface area contributed by atoms with E-state index in [1.165, 1.54) is 11.3 Å². The molecule has 0 spiro atoms. The fraction of sp³-hybridized carbons (Fsp3) is 0.190. The second kappa shape index (κ2) is 7.32. The first kappa shape index (κ1) is 17.4. The first-order valence-corrected chi connectivity index (χ1v) is 9.76. The molecule has 4 aromatic rings. The highest BCUT2D eigenvalue weighted by atomic mass is 32.1. The lowest BCUT2D eigenvalue weighted by Gasteiger charge is -2.11. The number of carbonyl (C=O) groups excluding carboxylic acids is 1. The SMILES string of the molecule is CC(C)CNc1cccc(-c2ccnc3c(C(=O)c4cccs4)cnn23)c1. The molecule has 5 nitrogen and oxygen atoms in total. The van der Waals surface area contributed by atoms with Gasteiger partial charge in [0.1, 0.15) is 0 Å². The van der Waals surface area contributed by atoms with Gasteiger partial charge in [-0.2, -0.15) is 5.10 Å². The third-order valence-electron chi connectivity index (χ3n) is 4.26. The van der Waals surface area contributed by atoms with Gasteiger partial charge in [0.2, 0.25) is 5.78 Å². The van der Waals surface area contributed by atoms with Gasteiger partial charge in [-0.25, -0.2) is 9.50 Å². The Kier molecular flexibility index (Phi) is 4.73. The number of rotatable bonds is 6. The summed E-state index contributed by atoms with van der Waals surface area (Å²) >= 11 is 1.43. The van der Waals surface area contributed by atoms with E-state index in [0.29, 0.717) is 22.0 Å². The van der Waals surface area contributed by atoms with Gasteiger partial charge in [-0.1, -0.05) is 32.0 Å². The van der Waals surface area contributed by atoms with Gasteiger partial charge in [0.25, 0.3) is 0 Å². The predicted molar refractivity (Wildman–Crippen MR) is 110 cm³/mol. The molecular formula is C21H20N4OS. The van der Waals surface area contributed by atoms with E-state index in [1.54, 1.807) is 16.9 Å². The van der Waals surface area contributed by atoms with Crippen molar-refractivity contribution < 1.29 is 4.79 Å². The van der Waals surface area contributed by atoms with Crippen LogP contribution in [0.1, 0.15) is 29.1 Å². The Morgan fingerprint density at radius 1 is 1.22 bits per heavy atom. The lowest BCUT2D eigenvalue weighted by atomic mass is 10.1. The maximum atomic E-state index is 12.7. The van der Waals surface area contributed by atoms with Crippen LogP contribution in [-0.2, 0) is 0 Å². The number of anilines is 1. The third kappa shape index (κ3) is 3.48. The van der Waals surface area contributed by atoms with E-state index >= 15 is 0 Å². The molecule has 0 atom stereocenters. The van der Waals surface area contributed by atoms with Crippen LogP contribution < -0.4 is 5.32 Å². The molecule has 27 heavy (non-hydrogen) atoms. The first-order valence-electron chi connectivity index (χ1n) is 8.89. The second-order valence-electron chi connectivity index (χ2n) is 6.79. The average Bonchev–Trinajstić information content (AvgIpc) is 3.36. The van der Waals surface area contributed by atoms with Gasteiger partial charge in [-0.05, 0) is 35.6 Å². The normalized spacial score (nSPS) is 11.2. The Bertz CT molecular complexity index is 1080. The van der Waals surface area contributed by atoms with E-state index < -0.39 is 0 Å². The molecule has 0 radical (unpaired) electrons. The summed E-state index contributed by atoms with van der Waals surface area (Å²) in [5.74, 6) is 0.523. The van der Waals surface area contributed by atoms with Crippen LogP contribution in [0.5, 0.6) is 0 Å². The average molecular weight is 376 g/mol. The Labute approximate surface area is 161 Å². The van der Waals surface area contributed by atoms with E-state index in [0.717, 1.165) is 23.5 Å². The number of benzene rings is 1. The van der Waals surface area contributed by atoms with Gasteiger partial charge in [0.05, 0.1) is 22.3 Å². The molecule has 0 aliphatic rings. The van der Waals surface area contributed by atoms with E-state index in [1.807, 2.05) is 35.7 Å². The van der Waals surface area contributed by atoms with E-state index in [-0.39, 0.29) is 5.78 Å². The molecule has 0 fully saturated rings. The van der Waals surface area contributed by atoms with Crippen molar-refractivity contribution in [2.75, 3.05) is 11.9 Å². The van der Waals surface area contributed by atoms with Crippen LogP contribution in [0, 0.1) is 5.92 Å². The van der Waals surface area contributed by atoms with Gasteiger partial charge in [-0.15, -0.1) is 11.3 Å². The van der Waals surface area contributed by atoms with E-state index in [4.69, 9.17) is 0 Å². The molecule has 0 bridgehead atoms.